The van der Waals surface area contributed by atoms with Crippen molar-refractivity contribution in [2.75, 3.05) is 24.1 Å². The lowest BCUT2D eigenvalue weighted by Crippen LogP contribution is -2.27. The summed E-state index contributed by atoms with van der Waals surface area (Å²) in [4.78, 5) is 34.8. The standard InChI is InChI=1S/C22H20N8O2S/c1-2-17(31)29-10-8-15(11-29)30-21-18(20(23)24-12-25-21)19(28-30)13-3-5-14(6-4-13)22(32)27-16-7-9-26-33-16/h2-7,9,12,15H,1,8,10-11H2,(H,27,32)(H2,23,24,25). The molecule has 1 saturated heterocycles. The number of aromatic nitrogens is 5. The number of carbonyl (C=O) groups excluding carboxylic acids is 2. The maximum Gasteiger partial charge on any atom is 0.256 e. The maximum atomic E-state index is 12.5. The van der Waals surface area contributed by atoms with Crippen molar-refractivity contribution >= 4 is 45.2 Å². The second-order valence-electron chi connectivity index (χ2n) is 7.59. The van der Waals surface area contributed by atoms with Crippen molar-refractivity contribution in [1.82, 2.24) is 29.0 Å². The largest absolute Gasteiger partial charge is 0.383 e. The molecule has 4 heterocycles. The first-order chi connectivity index (χ1) is 16.0. The molecule has 10 nitrogen and oxygen atoms in total. The highest BCUT2D eigenvalue weighted by molar-refractivity contribution is 7.10. The van der Waals surface area contributed by atoms with Crippen LogP contribution in [0.5, 0.6) is 0 Å². The third-order valence-corrected chi connectivity index (χ3v) is 6.27. The topological polar surface area (TPSA) is 132 Å². The molecule has 4 aromatic rings. The monoisotopic (exact) mass is 460 g/mol. The summed E-state index contributed by atoms with van der Waals surface area (Å²) < 4.78 is 5.80. The van der Waals surface area contributed by atoms with Crippen LogP contribution in [0.25, 0.3) is 22.3 Å². The van der Waals surface area contributed by atoms with E-state index in [0.717, 1.165) is 12.0 Å². The molecule has 2 amide bonds. The van der Waals surface area contributed by atoms with Gasteiger partial charge in [0.25, 0.3) is 5.91 Å². The molecule has 11 heteroatoms. The molecule has 33 heavy (non-hydrogen) atoms. The normalized spacial score (nSPS) is 15.6. The van der Waals surface area contributed by atoms with Crippen molar-refractivity contribution in [1.29, 1.82) is 0 Å². The van der Waals surface area contributed by atoms with Crippen molar-refractivity contribution in [3.8, 4) is 11.3 Å². The number of nitrogen functional groups attached to an aromatic ring is 1. The fraction of sp³-hybridized carbons (Fsp3) is 0.182. The summed E-state index contributed by atoms with van der Waals surface area (Å²) in [6.45, 7) is 4.70. The number of anilines is 2. The molecule has 0 bridgehead atoms. The number of hydrogen-bond donors (Lipinski definition) is 2. The van der Waals surface area contributed by atoms with E-state index in [0.29, 0.717) is 46.2 Å². The van der Waals surface area contributed by atoms with Gasteiger partial charge in [-0.25, -0.2) is 14.6 Å². The Bertz CT molecular complexity index is 1350. The summed E-state index contributed by atoms with van der Waals surface area (Å²) in [7, 11) is 0. The zero-order chi connectivity index (χ0) is 22.9. The Kier molecular flexibility index (Phi) is 5.31. The maximum absolute atomic E-state index is 12.5. The van der Waals surface area contributed by atoms with Gasteiger partial charge >= 0.3 is 0 Å². The highest BCUT2D eigenvalue weighted by atomic mass is 32.1. The van der Waals surface area contributed by atoms with E-state index in [2.05, 4.69) is 26.2 Å². The van der Waals surface area contributed by atoms with Crippen LogP contribution >= 0.6 is 11.5 Å². The Balaban J connectivity index is 1.48. The Morgan fingerprint density at radius 1 is 1.21 bits per heavy atom. The molecule has 1 unspecified atom stereocenters. The first kappa shape index (κ1) is 20.8. The molecule has 3 N–H and O–H groups in total. The Labute approximate surface area is 192 Å². The van der Waals surface area contributed by atoms with E-state index in [9.17, 15) is 9.59 Å². The van der Waals surface area contributed by atoms with E-state index in [-0.39, 0.29) is 17.9 Å². The molecule has 1 fully saturated rings. The van der Waals surface area contributed by atoms with E-state index in [1.54, 1.807) is 29.3 Å². The molecule has 0 saturated carbocycles. The number of fused-ring (bicyclic) bond motifs is 1. The van der Waals surface area contributed by atoms with Crippen LogP contribution in [0.1, 0.15) is 22.8 Å². The van der Waals surface area contributed by atoms with Crippen molar-refractivity contribution in [3.63, 3.8) is 0 Å². The van der Waals surface area contributed by atoms with Crippen LogP contribution < -0.4 is 11.1 Å². The first-order valence-corrected chi connectivity index (χ1v) is 11.0. The van der Waals surface area contributed by atoms with Gasteiger partial charge in [0.05, 0.1) is 11.4 Å². The molecule has 1 aromatic carbocycles. The number of carbonyl (C=O) groups is 2. The molecule has 166 valence electrons. The summed E-state index contributed by atoms with van der Waals surface area (Å²) >= 11 is 1.21. The molecule has 3 aromatic heterocycles. The molecular weight excluding hydrogens is 440 g/mol. The van der Waals surface area contributed by atoms with Gasteiger partial charge in [0.1, 0.15) is 22.8 Å². The van der Waals surface area contributed by atoms with Crippen molar-refractivity contribution < 1.29 is 9.59 Å². The first-order valence-electron chi connectivity index (χ1n) is 10.3. The van der Waals surface area contributed by atoms with Crippen molar-refractivity contribution in [2.45, 2.75) is 12.5 Å². The molecule has 5 rings (SSSR count). The fourth-order valence-corrected chi connectivity index (χ4v) is 4.46. The predicted molar refractivity (Wildman–Crippen MR) is 126 cm³/mol. The van der Waals surface area contributed by atoms with Gasteiger partial charge in [0, 0.05) is 30.4 Å². The number of nitrogens with two attached hydrogens (primary N) is 1. The van der Waals surface area contributed by atoms with Gasteiger partial charge in [0.15, 0.2) is 5.65 Å². The summed E-state index contributed by atoms with van der Waals surface area (Å²) in [6.07, 6.45) is 5.11. The van der Waals surface area contributed by atoms with E-state index in [1.165, 1.54) is 23.9 Å². The van der Waals surface area contributed by atoms with Gasteiger partial charge in [-0.15, -0.1) is 0 Å². The van der Waals surface area contributed by atoms with E-state index < -0.39 is 0 Å². The Morgan fingerprint density at radius 3 is 2.76 bits per heavy atom. The summed E-state index contributed by atoms with van der Waals surface area (Å²) in [5.74, 6) is 0.00257. The minimum absolute atomic E-state index is 0.0380. The summed E-state index contributed by atoms with van der Waals surface area (Å²) in [5, 5.41) is 8.96. The lowest BCUT2D eigenvalue weighted by Gasteiger charge is -2.14. The second-order valence-corrected chi connectivity index (χ2v) is 8.42. The SMILES string of the molecule is C=CC(=O)N1CCC(n2nc(-c3ccc(C(=O)Nc4ccns4)cc3)c3c(N)ncnc32)C1. The van der Waals surface area contributed by atoms with Gasteiger partial charge in [-0.05, 0) is 42.2 Å². The Hall–Kier alpha value is -4.12. The van der Waals surface area contributed by atoms with E-state index in [1.807, 2.05) is 16.8 Å². The molecule has 0 spiro atoms. The van der Waals surface area contributed by atoms with Crippen molar-refractivity contribution in [3.05, 3.63) is 61.1 Å². The van der Waals surface area contributed by atoms with Crippen LogP contribution in [0, 0.1) is 0 Å². The third-order valence-electron chi connectivity index (χ3n) is 5.61. The number of rotatable bonds is 5. The van der Waals surface area contributed by atoms with Crippen LogP contribution in [-0.2, 0) is 4.79 Å². The average Bonchev–Trinajstić information content (AvgIpc) is 3.59. The average molecular weight is 461 g/mol. The molecule has 1 atom stereocenters. The van der Waals surface area contributed by atoms with Crippen LogP contribution in [0.2, 0.25) is 0 Å². The summed E-state index contributed by atoms with van der Waals surface area (Å²) in [5.41, 5.74) is 8.74. The minimum atomic E-state index is -0.220. The van der Waals surface area contributed by atoms with E-state index >= 15 is 0 Å². The van der Waals surface area contributed by atoms with Gasteiger partial charge in [-0.3, -0.25) is 9.59 Å². The lowest BCUT2D eigenvalue weighted by atomic mass is 10.1. The van der Waals surface area contributed by atoms with E-state index in [4.69, 9.17) is 10.8 Å². The number of hydrogen-bond acceptors (Lipinski definition) is 8. The number of likely N-dealkylation sites (tertiary alicyclic amines) is 1. The van der Waals surface area contributed by atoms with Crippen LogP contribution in [0.15, 0.2) is 55.5 Å². The molecular formula is C22H20N8O2S. The predicted octanol–water partition coefficient (Wildman–Crippen LogP) is 2.74. The number of amides is 2. The third kappa shape index (κ3) is 3.82. The number of benzene rings is 1. The zero-order valence-electron chi connectivity index (χ0n) is 17.5. The van der Waals surface area contributed by atoms with Crippen LogP contribution in [-0.4, -0.2) is 53.9 Å². The van der Waals surface area contributed by atoms with Crippen LogP contribution in [0.4, 0.5) is 10.8 Å². The number of nitrogens with zero attached hydrogens (tertiary/aromatic N) is 6. The van der Waals surface area contributed by atoms with Gasteiger partial charge < -0.3 is 16.0 Å². The second kappa shape index (κ2) is 8.43. The molecule has 0 aliphatic carbocycles. The van der Waals surface area contributed by atoms with Gasteiger partial charge in [0.2, 0.25) is 5.91 Å². The fourth-order valence-electron chi connectivity index (χ4n) is 3.97. The molecule has 1 aliphatic heterocycles. The van der Waals surface area contributed by atoms with Gasteiger partial charge in [-0.1, -0.05) is 18.7 Å². The zero-order valence-corrected chi connectivity index (χ0v) is 18.3. The van der Waals surface area contributed by atoms with Gasteiger partial charge in [-0.2, -0.15) is 9.47 Å². The number of nitrogens with one attached hydrogen (secondary N) is 1. The smallest absolute Gasteiger partial charge is 0.256 e. The minimum Gasteiger partial charge on any atom is -0.383 e. The molecule has 1 aliphatic rings. The van der Waals surface area contributed by atoms with Crippen molar-refractivity contribution in [2.24, 2.45) is 0 Å². The Morgan fingerprint density at radius 2 is 2.03 bits per heavy atom. The van der Waals surface area contributed by atoms with Crippen LogP contribution in [0.3, 0.4) is 0 Å². The molecule has 0 radical (unpaired) electrons. The highest BCUT2D eigenvalue weighted by Gasteiger charge is 2.30. The lowest BCUT2D eigenvalue weighted by molar-refractivity contribution is -0.125. The highest BCUT2D eigenvalue weighted by Crippen LogP contribution is 2.34. The summed E-state index contributed by atoms with van der Waals surface area (Å²) in [6, 6.07) is 8.81. The quantitative estimate of drug-likeness (QED) is 0.438.